The van der Waals surface area contributed by atoms with Crippen LogP contribution >= 0.6 is 0 Å². The SMILES string of the molecule is C=C(C)C1CCC2(C)CCCC(=C)C2C1. The van der Waals surface area contributed by atoms with Crippen molar-refractivity contribution in [3.63, 3.8) is 0 Å². The van der Waals surface area contributed by atoms with Crippen molar-refractivity contribution in [1.82, 2.24) is 0 Å². The van der Waals surface area contributed by atoms with Crippen molar-refractivity contribution in [2.24, 2.45) is 17.3 Å². The lowest BCUT2D eigenvalue weighted by molar-refractivity contribution is 0.0832. The average Bonchev–Trinajstić information content (AvgIpc) is 2.17. The Bertz CT molecular complexity index is 286. The van der Waals surface area contributed by atoms with Gasteiger partial charge in [0, 0.05) is 0 Å². The van der Waals surface area contributed by atoms with Crippen molar-refractivity contribution in [2.45, 2.75) is 52.4 Å². The second-order valence-electron chi connectivity index (χ2n) is 6.04. The lowest BCUT2D eigenvalue weighted by atomic mass is 9.56. The maximum absolute atomic E-state index is 4.31. The highest BCUT2D eigenvalue weighted by atomic mass is 14.5. The minimum atomic E-state index is 0.571. The smallest absolute Gasteiger partial charge is 0.0146 e. The lowest BCUT2D eigenvalue weighted by Crippen LogP contribution is -2.38. The molecule has 2 aliphatic rings. The highest BCUT2D eigenvalue weighted by molar-refractivity contribution is 5.15. The van der Waals surface area contributed by atoms with Gasteiger partial charge >= 0.3 is 0 Å². The molecule has 2 saturated carbocycles. The summed E-state index contributed by atoms with van der Waals surface area (Å²) in [6, 6.07) is 0. The predicted molar refractivity (Wildman–Crippen MR) is 66.7 cm³/mol. The van der Waals surface area contributed by atoms with E-state index in [9.17, 15) is 0 Å². The number of rotatable bonds is 1. The molecule has 0 amide bonds. The monoisotopic (exact) mass is 204 g/mol. The van der Waals surface area contributed by atoms with Gasteiger partial charge in [0.15, 0.2) is 0 Å². The molecule has 0 saturated heterocycles. The molecule has 15 heavy (non-hydrogen) atoms. The summed E-state index contributed by atoms with van der Waals surface area (Å²) in [4.78, 5) is 0. The van der Waals surface area contributed by atoms with Crippen LogP contribution in [0.1, 0.15) is 52.4 Å². The van der Waals surface area contributed by atoms with Crippen molar-refractivity contribution in [2.75, 3.05) is 0 Å². The minimum absolute atomic E-state index is 0.571. The normalized spacial score (nSPS) is 41.1. The Kier molecular flexibility index (Phi) is 2.79. The van der Waals surface area contributed by atoms with Crippen molar-refractivity contribution in [1.29, 1.82) is 0 Å². The molecule has 0 aromatic heterocycles. The first-order valence-corrected chi connectivity index (χ1v) is 6.36. The highest BCUT2D eigenvalue weighted by Gasteiger charge is 2.42. The quantitative estimate of drug-likeness (QED) is 0.542. The second kappa shape index (κ2) is 3.81. The molecule has 2 rings (SSSR count). The van der Waals surface area contributed by atoms with Gasteiger partial charge in [0.05, 0.1) is 0 Å². The summed E-state index contributed by atoms with van der Waals surface area (Å²) < 4.78 is 0. The summed E-state index contributed by atoms with van der Waals surface area (Å²) in [5.41, 5.74) is 3.48. The Hall–Kier alpha value is -0.520. The van der Waals surface area contributed by atoms with Crippen molar-refractivity contribution >= 4 is 0 Å². The van der Waals surface area contributed by atoms with Crippen LogP contribution < -0.4 is 0 Å². The van der Waals surface area contributed by atoms with Gasteiger partial charge in [0.2, 0.25) is 0 Å². The third kappa shape index (κ3) is 1.91. The first-order valence-electron chi connectivity index (χ1n) is 6.36. The molecule has 0 nitrogen and oxygen atoms in total. The van der Waals surface area contributed by atoms with Crippen molar-refractivity contribution < 1.29 is 0 Å². The average molecular weight is 204 g/mol. The van der Waals surface area contributed by atoms with Gasteiger partial charge in [-0.15, -0.1) is 0 Å². The fourth-order valence-corrected chi connectivity index (χ4v) is 3.66. The Morgan fingerprint density at radius 1 is 1.40 bits per heavy atom. The van der Waals surface area contributed by atoms with Crippen LogP contribution in [0, 0.1) is 17.3 Å². The zero-order chi connectivity index (χ0) is 11.1. The van der Waals surface area contributed by atoms with E-state index >= 15 is 0 Å². The fraction of sp³-hybridized carbons (Fsp3) is 0.733. The standard InChI is InChI=1S/C15H24/c1-11(2)13-7-9-15(4)8-5-6-12(3)14(15)10-13/h13-14H,1,3,5-10H2,2,4H3. The summed E-state index contributed by atoms with van der Waals surface area (Å²) in [6.45, 7) is 13.1. The molecule has 0 N–H and O–H groups in total. The lowest BCUT2D eigenvalue weighted by Gasteiger charge is -2.49. The van der Waals surface area contributed by atoms with E-state index in [1.165, 1.54) is 49.7 Å². The molecular formula is C15H24. The molecule has 0 aromatic carbocycles. The fourth-order valence-electron chi connectivity index (χ4n) is 3.66. The molecule has 0 aromatic rings. The van der Waals surface area contributed by atoms with Crippen LogP contribution in [0.4, 0.5) is 0 Å². The van der Waals surface area contributed by atoms with Crippen LogP contribution in [0.3, 0.4) is 0 Å². The molecule has 3 atom stereocenters. The molecule has 0 bridgehead atoms. The van der Waals surface area contributed by atoms with Crippen LogP contribution in [-0.4, -0.2) is 0 Å². The van der Waals surface area contributed by atoms with Crippen molar-refractivity contribution in [3.05, 3.63) is 24.3 Å². The van der Waals surface area contributed by atoms with Crippen LogP contribution in [0.25, 0.3) is 0 Å². The first kappa shape index (κ1) is 11.0. The summed E-state index contributed by atoms with van der Waals surface area (Å²) in [5.74, 6) is 1.54. The summed E-state index contributed by atoms with van der Waals surface area (Å²) in [6.07, 6.45) is 8.11. The molecule has 84 valence electrons. The maximum atomic E-state index is 4.31. The molecule has 0 radical (unpaired) electrons. The van der Waals surface area contributed by atoms with E-state index in [2.05, 4.69) is 27.0 Å². The van der Waals surface area contributed by atoms with E-state index in [4.69, 9.17) is 0 Å². The number of hydrogen-bond acceptors (Lipinski definition) is 0. The van der Waals surface area contributed by atoms with Crippen LogP contribution in [0.2, 0.25) is 0 Å². The van der Waals surface area contributed by atoms with Crippen LogP contribution in [0.5, 0.6) is 0 Å². The van der Waals surface area contributed by atoms with Gasteiger partial charge in [-0.05, 0) is 62.7 Å². The van der Waals surface area contributed by atoms with E-state index in [1.54, 1.807) is 0 Å². The van der Waals surface area contributed by atoms with Gasteiger partial charge < -0.3 is 0 Å². The Morgan fingerprint density at radius 2 is 2.13 bits per heavy atom. The van der Waals surface area contributed by atoms with Gasteiger partial charge in [0.1, 0.15) is 0 Å². The summed E-state index contributed by atoms with van der Waals surface area (Å²) in [5, 5.41) is 0. The van der Waals surface area contributed by atoms with Gasteiger partial charge in [-0.25, -0.2) is 0 Å². The summed E-state index contributed by atoms with van der Waals surface area (Å²) in [7, 11) is 0. The van der Waals surface area contributed by atoms with E-state index in [-0.39, 0.29) is 0 Å². The van der Waals surface area contributed by atoms with Gasteiger partial charge in [0.25, 0.3) is 0 Å². The maximum Gasteiger partial charge on any atom is -0.0146 e. The summed E-state index contributed by atoms with van der Waals surface area (Å²) >= 11 is 0. The molecular weight excluding hydrogens is 180 g/mol. The number of fused-ring (bicyclic) bond motifs is 1. The number of allylic oxidation sites excluding steroid dienone is 2. The van der Waals surface area contributed by atoms with Crippen molar-refractivity contribution in [3.8, 4) is 0 Å². The molecule has 3 unspecified atom stereocenters. The molecule has 0 aliphatic heterocycles. The van der Waals surface area contributed by atoms with E-state index in [0.29, 0.717) is 5.41 Å². The van der Waals surface area contributed by atoms with Gasteiger partial charge in [-0.3, -0.25) is 0 Å². The van der Waals surface area contributed by atoms with Gasteiger partial charge in [-0.2, -0.15) is 0 Å². The zero-order valence-corrected chi connectivity index (χ0v) is 10.3. The first-order chi connectivity index (χ1) is 7.03. The zero-order valence-electron chi connectivity index (χ0n) is 10.3. The molecule has 0 heteroatoms. The van der Waals surface area contributed by atoms with Crippen LogP contribution in [-0.2, 0) is 0 Å². The Balaban J connectivity index is 2.16. The Labute approximate surface area is 94.5 Å². The predicted octanol–water partition coefficient (Wildman–Crippen LogP) is 4.73. The molecule has 0 spiro atoms. The topological polar surface area (TPSA) is 0 Å². The third-order valence-electron chi connectivity index (χ3n) is 4.86. The van der Waals surface area contributed by atoms with Gasteiger partial charge in [-0.1, -0.05) is 31.2 Å². The third-order valence-corrected chi connectivity index (χ3v) is 4.86. The molecule has 2 aliphatic carbocycles. The molecule has 2 fully saturated rings. The largest absolute Gasteiger partial charge is 0.0999 e. The van der Waals surface area contributed by atoms with E-state index in [0.717, 1.165) is 11.8 Å². The number of hydrogen-bond donors (Lipinski definition) is 0. The minimum Gasteiger partial charge on any atom is -0.0999 e. The Morgan fingerprint density at radius 3 is 2.80 bits per heavy atom. The van der Waals surface area contributed by atoms with E-state index < -0.39 is 0 Å². The molecule has 0 heterocycles. The highest BCUT2D eigenvalue weighted by Crippen LogP contribution is 2.54. The van der Waals surface area contributed by atoms with Crippen LogP contribution in [0.15, 0.2) is 24.3 Å². The van der Waals surface area contributed by atoms with E-state index in [1.807, 2.05) is 0 Å². The second-order valence-corrected chi connectivity index (χ2v) is 6.04.